The van der Waals surface area contributed by atoms with Gasteiger partial charge in [-0.15, -0.1) is 0 Å². The van der Waals surface area contributed by atoms with Gasteiger partial charge in [-0.05, 0) is 31.1 Å². The monoisotopic (exact) mass is 227 g/mol. The Labute approximate surface area is 95.4 Å². The van der Waals surface area contributed by atoms with E-state index in [4.69, 9.17) is 11.6 Å². The summed E-state index contributed by atoms with van der Waals surface area (Å²) in [5.41, 5.74) is 2.03. The molecule has 0 bridgehead atoms. The van der Waals surface area contributed by atoms with Crippen molar-refractivity contribution < 1.29 is 4.39 Å². The van der Waals surface area contributed by atoms with Gasteiger partial charge in [0, 0.05) is 18.8 Å². The van der Waals surface area contributed by atoms with Crippen LogP contribution in [0.1, 0.15) is 13.8 Å². The lowest BCUT2D eigenvalue weighted by Gasteiger charge is -2.08. The summed E-state index contributed by atoms with van der Waals surface area (Å²) in [4.78, 5) is 3.85. The Hall–Kier alpha value is -1.15. The molecule has 0 saturated heterocycles. The van der Waals surface area contributed by atoms with Crippen molar-refractivity contribution in [3.63, 3.8) is 0 Å². The number of halogens is 2. The second-order valence-corrected chi connectivity index (χ2v) is 3.47. The molecule has 0 saturated carbocycles. The van der Waals surface area contributed by atoms with E-state index in [-0.39, 0.29) is 5.03 Å². The van der Waals surface area contributed by atoms with Crippen LogP contribution in [0, 0.1) is 0 Å². The molecule has 0 fully saturated rings. The first-order chi connectivity index (χ1) is 6.95. The second kappa shape index (κ2) is 6.36. The average molecular weight is 228 g/mol. The zero-order valence-electron chi connectivity index (χ0n) is 9.27. The van der Waals surface area contributed by atoms with E-state index in [2.05, 4.69) is 18.2 Å². The molecule has 0 aliphatic carbocycles. The molecule has 0 aromatic carbocycles. The molecule has 82 valence electrons. The Morgan fingerprint density at radius 3 is 2.27 bits per heavy atom. The molecule has 15 heavy (non-hydrogen) atoms. The first kappa shape index (κ1) is 13.8. The van der Waals surface area contributed by atoms with Crippen LogP contribution in [-0.2, 0) is 0 Å². The van der Waals surface area contributed by atoms with Crippen LogP contribution in [0.4, 0.5) is 4.39 Å². The molecule has 0 aliphatic rings. The molecule has 0 amide bonds. The van der Waals surface area contributed by atoms with Gasteiger partial charge in [-0.25, -0.2) is 4.39 Å². The largest absolute Gasteiger partial charge is 0.296 e. The Bertz CT molecular complexity index is 362. The molecule has 0 aliphatic heterocycles. The minimum Gasteiger partial charge on any atom is -0.296 e. The van der Waals surface area contributed by atoms with E-state index in [9.17, 15) is 4.39 Å². The van der Waals surface area contributed by atoms with E-state index < -0.39 is 5.83 Å². The van der Waals surface area contributed by atoms with E-state index in [0.29, 0.717) is 11.1 Å². The fraction of sp³-hybridized carbons (Fsp3) is 0.250. The van der Waals surface area contributed by atoms with Crippen LogP contribution in [0.3, 0.4) is 0 Å². The van der Waals surface area contributed by atoms with Crippen molar-refractivity contribution in [2.45, 2.75) is 13.8 Å². The summed E-state index contributed by atoms with van der Waals surface area (Å²) < 4.78 is 13.2. The van der Waals surface area contributed by atoms with Crippen LogP contribution in [0.5, 0.6) is 0 Å². The van der Waals surface area contributed by atoms with Crippen molar-refractivity contribution in [2.75, 3.05) is 7.05 Å². The summed E-state index contributed by atoms with van der Waals surface area (Å²) in [5, 5.41) is 0.0231. The topological polar surface area (TPSA) is 12.4 Å². The second-order valence-electron chi connectivity index (χ2n) is 3.09. The number of rotatable bonds is 4. The fourth-order valence-electron chi connectivity index (χ4n) is 1.16. The van der Waals surface area contributed by atoms with Gasteiger partial charge in [-0.3, -0.25) is 4.99 Å². The standard InChI is InChI=1S/C12H15ClFN/c1-6-10(14)12(13)11(8(2)3)9(4)7-15-5/h6-7H,1-2H2,3-5H3/b11-9+,12-10-,15-7?. The first-order valence-corrected chi connectivity index (χ1v) is 4.80. The SMILES string of the molecule is C=C/C(F)=C(Cl)\C(C(=C)C)=C(/C)C=NC. The Kier molecular flexibility index (Phi) is 5.87. The van der Waals surface area contributed by atoms with E-state index >= 15 is 0 Å². The summed E-state index contributed by atoms with van der Waals surface area (Å²) in [6.45, 7) is 10.6. The number of allylic oxidation sites excluding steroid dienone is 6. The fourth-order valence-corrected chi connectivity index (χ4v) is 1.55. The lowest BCUT2D eigenvalue weighted by molar-refractivity contribution is 0.663. The van der Waals surface area contributed by atoms with Gasteiger partial charge in [0.1, 0.15) is 5.83 Å². The van der Waals surface area contributed by atoms with E-state index in [0.717, 1.165) is 11.6 Å². The average Bonchev–Trinajstić information content (AvgIpc) is 2.16. The maximum Gasteiger partial charge on any atom is 0.141 e. The number of aliphatic imine (C=N–C) groups is 1. The first-order valence-electron chi connectivity index (χ1n) is 4.42. The molecule has 0 unspecified atom stereocenters. The van der Waals surface area contributed by atoms with Crippen molar-refractivity contribution in [3.05, 3.63) is 46.8 Å². The van der Waals surface area contributed by atoms with Crippen LogP contribution >= 0.6 is 11.6 Å². The van der Waals surface area contributed by atoms with Gasteiger partial charge in [-0.2, -0.15) is 0 Å². The molecule has 0 atom stereocenters. The molecular weight excluding hydrogens is 213 g/mol. The Balaban J connectivity index is 5.64. The maximum atomic E-state index is 13.2. The van der Waals surface area contributed by atoms with Gasteiger partial charge < -0.3 is 0 Å². The summed E-state index contributed by atoms with van der Waals surface area (Å²) >= 11 is 5.88. The highest BCUT2D eigenvalue weighted by Crippen LogP contribution is 2.28. The molecule has 0 N–H and O–H groups in total. The van der Waals surface area contributed by atoms with Gasteiger partial charge in [0.25, 0.3) is 0 Å². The Morgan fingerprint density at radius 2 is 1.93 bits per heavy atom. The van der Waals surface area contributed by atoms with Crippen molar-refractivity contribution in [1.82, 2.24) is 0 Å². The minimum atomic E-state index is -0.557. The zero-order chi connectivity index (χ0) is 12.0. The van der Waals surface area contributed by atoms with Gasteiger partial charge in [0.05, 0.1) is 5.03 Å². The van der Waals surface area contributed by atoms with Crippen LogP contribution in [0.25, 0.3) is 0 Å². The van der Waals surface area contributed by atoms with Gasteiger partial charge in [0.15, 0.2) is 0 Å². The third-order valence-corrected chi connectivity index (χ3v) is 2.12. The van der Waals surface area contributed by atoms with Crippen molar-refractivity contribution in [1.29, 1.82) is 0 Å². The molecule has 0 heterocycles. The molecular formula is C12H15ClFN. The summed E-state index contributed by atoms with van der Waals surface area (Å²) in [6, 6.07) is 0. The van der Waals surface area contributed by atoms with Gasteiger partial charge in [-0.1, -0.05) is 24.8 Å². The van der Waals surface area contributed by atoms with Gasteiger partial charge in [0.2, 0.25) is 0 Å². The lowest BCUT2D eigenvalue weighted by Crippen LogP contribution is -1.94. The third kappa shape index (κ3) is 3.84. The predicted octanol–water partition coefficient (Wildman–Crippen LogP) is 4.19. The van der Waals surface area contributed by atoms with Crippen LogP contribution in [-0.4, -0.2) is 13.3 Å². The smallest absolute Gasteiger partial charge is 0.141 e. The highest BCUT2D eigenvalue weighted by atomic mass is 35.5. The van der Waals surface area contributed by atoms with Gasteiger partial charge >= 0.3 is 0 Å². The summed E-state index contributed by atoms with van der Waals surface area (Å²) in [5.74, 6) is -0.557. The molecule has 1 nitrogen and oxygen atoms in total. The molecule has 0 rings (SSSR count). The normalized spacial score (nSPS) is 14.7. The van der Waals surface area contributed by atoms with E-state index in [1.807, 2.05) is 0 Å². The van der Waals surface area contributed by atoms with Crippen molar-refractivity contribution in [2.24, 2.45) is 4.99 Å². The number of nitrogens with zero attached hydrogens (tertiary/aromatic N) is 1. The number of hydrogen-bond acceptors (Lipinski definition) is 1. The quantitative estimate of drug-likeness (QED) is 0.505. The predicted molar refractivity (Wildman–Crippen MR) is 66.1 cm³/mol. The highest BCUT2D eigenvalue weighted by Gasteiger charge is 2.10. The minimum absolute atomic E-state index is 0.0231. The summed E-state index contributed by atoms with van der Waals surface area (Å²) in [7, 11) is 1.64. The molecule has 0 aromatic heterocycles. The Morgan fingerprint density at radius 1 is 1.40 bits per heavy atom. The third-order valence-electron chi connectivity index (χ3n) is 1.75. The molecule has 3 heteroatoms. The molecule has 0 aromatic rings. The van der Waals surface area contributed by atoms with E-state index in [1.165, 1.54) is 0 Å². The van der Waals surface area contributed by atoms with Crippen molar-refractivity contribution >= 4 is 17.8 Å². The lowest BCUT2D eigenvalue weighted by atomic mass is 10.0. The molecule has 0 radical (unpaired) electrons. The van der Waals surface area contributed by atoms with Crippen LogP contribution in [0.2, 0.25) is 0 Å². The summed E-state index contributed by atoms with van der Waals surface area (Å²) in [6.07, 6.45) is 2.68. The molecule has 0 spiro atoms. The van der Waals surface area contributed by atoms with Crippen LogP contribution in [0.15, 0.2) is 51.8 Å². The van der Waals surface area contributed by atoms with Crippen LogP contribution < -0.4 is 0 Å². The number of hydrogen-bond donors (Lipinski definition) is 0. The highest BCUT2D eigenvalue weighted by molar-refractivity contribution is 6.33. The van der Waals surface area contributed by atoms with Crippen molar-refractivity contribution in [3.8, 4) is 0 Å². The maximum absolute atomic E-state index is 13.2. The zero-order valence-corrected chi connectivity index (χ0v) is 10.0. The van der Waals surface area contributed by atoms with E-state index in [1.54, 1.807) is 27.1 Å².